The standard InChI is InChI=1S/C11H10BrClO4S/c1-7(5-13)6-18(16,17)8-2-3-10(12)9(4-8)11(14)15/h2-5H,6H2,1H3,(H,14,15)/b7-5-. The Labute approximate surface area is 118 Å². The smallest absolute Gasteiger partial charge is 0.336 e. The van der Waals surface area contributed by atoms with Gasteiger partial charge in [-0.15, -0.1) is 0 Å². The van der Waals surface area contributed by atoms with Crippen molar-refractivity contribution >= 4 is 43.3 Å². The van der Waals surface area contributed by atoms with Gasteiger partial charge in [-0.25, -0.2) is 13.2 Å². The van der Waals surface area contributed by atoms with Gasteiger partial charge >= 0.3 is 5.97 Å². The summed E-state index contributed by atoms with van der Waals surface area (Å²) in [5, 5.41) is 8.93. The molecule has 0 aromatic heterocycles. The number of carboxylic acid groups (broad SMARTS) is 1. The third-order valence-electron chi connectivity index (χ3n) is 2.13. The highest BCUT2D eigenvalue weighted by molar-refractivity contribution is 9.10. The molecule has 4 nitrogen and oxygen atoms in total. The highest BCUT2D eigenvalue weighted by Gasteiger charge is 2.18. The van der Waals surface area contributed by atoms with Crippen LogP contribution in [0.15, 0.2) is 38.7 Å². The molecule has 1 N–H and O–H groups in total. The van der Waals surface area contributed by atoms with Crippen molar-refractivity contribution in [3.63, 3.8) is 0 Å². The van der Waals surface area contributed by atoms with Gasteiger partial charge in [0.1, 0.15) is 0 Å². The Morgan fingerprint density at radius 2 is 2.11 bits per heavy atom. The predicted octanol–water partition coefficient (Wildman–Crippen LogP) is 3.06. The van der Waals surface area contributed by atoms with Gasteiger partial charge < -0.3 is 5.11 Å². The van der Waals surface area contributed by atoms with Crippen molar-refractivity contribution in [2.75, 3.05) is 5.75 Å². The zero-order chi connectivity index (χ0) is 13.9. The highest BCUT2D eigenvalue weighted by Crippen LogP contribution is 2.22. The fraction of sp³-hybridized carbons (Fsp3) is 0.182. The Bertz CT molecular complexity index is 607. The minimum Gasteiger partial charge on any atom is -0.478 e. The van der Waals surface area contributed by atoms with Gasteiger partial charge in [-0.1, -0.05) is 11.6 Å². The fourth-order valence-electron chi connectivity index (χ4n) is 1.28. The third kappa shape index (κ3) is 3.57. The Balaban J connectivity index is 3.26. The van der Waals surface area contributed by atoms with E-state index in [1.54, 1.807) is 6.92 Å². The summed E-state index contributed by atoms with van der Waals surface area (Å²) < 4.78 is 24.3. The van der Waals surface area contributed by atoms with E-state index in [-0.39, 0.29) is 16.2 Å². The van der Waals surface area contributed by atoms with Gasteiger partial charge in [0.05, 0.1) is 16.2 Å². The number of carbonyl (C=O) groups is 1. The van der Waals surface area contributed by atoms with E-state index < -0.39 is 15.8 Å². The third-order valence-corrected chi connectivity index (χ3v) is 5.00. The maximum Gasteiger partial charge on any atom is 0.336 e. The summed E-state index contributed by atoms with van der Waals surface area (Å²) in [6.45, 7) is 1.58. The second kappa shape index (κ2) is 5.86. The van der Waals surface area contributed by atoms with E-state index in [9.17, 15) is 13.2 Å². The minimum absolute atomic E-state index is 0.0408. The molecule has 1 aromatic rings. The Morgan fingerprint density at radius 1 is 1.50 bits per heavy atom. The van der Waals surface area contributed by atoms with Crippen LogP contribution < -0.4 is 0 Å². The molecule has 0 radical (unpaired) electrons. The molecule has 0 heterocycles. The van der Waals surface area contributed by atoms with Gasteiger partial charge in [-0.2, -0.15) is 0 Å². The minimum atomic E-state index is -3.58. The summed E-state index contributed by atoms with van der Waals surface area (Å²) in [5.74, 6) is -1.43. The molecule has 1 rings (SSSR count). The monoisotopic (exact) mass is 352 g/mol. The predicted molar refractivity (Wildman–Crippen MR) is 72.8 cm³/mol. The number of hydrogen-bond acceptors (Lipinski definition) is 3. The molecular formula is C11H10BrClO4S. The van der Waals surface area contributed by atoms with Crippen LogP contribution in [0.1, 0.15) is 17.3 Å². The molecule has 0 fully saturated rings. The number of hydrogen-bond donors (Lipinski definition) is 1. The normalized spacial score (nSPS) is 12.5. The summed E-state index contributed by atoms with van der Waals surface area (Å²) in [4.78, 5) is 10.9. The molecule has 0 amide bonds. The van der Waals surface area contributed by atoms with Crippen LogP contribution in [0, 0.1) is 0 Å². The fourth-order valence-corrected chi connectivity index (χ4v) is 3.28. The Morgan fingerprint density at radius 3 is 2.61 bits per heavy atom. The molecule has 0 aliphatic carbocycles. The quantitative estimate of drug-likeness (QED) is 0.903. The molecule has 0 saturated carbocycles. The van der Waals surface area contributed by atoms with E-state index in [0.717, 1.165) is 6.07 Å². The average Bonchev–Trinajstić information content (AvgIpc) is 2.28. The first-order chi connectivity index (χ1) is 8.27. The van der Waals surface area contributed by atoms with E-state index in [2.05, 4.69) is 15.9 Å². The lowest BCUT2D eigenvalue weighted by Gasteiger charge is -2.06. The largest absolute Gasteiger partial charge is 0.478 e. The first-order valence-electron chi connectivity index (χ1n) is 4.79. The summed E-state index contributed by atoms with van der Waals surface area (Å²) in [6, 6.07) is 3.88. The van der Waals surface area contributed by atoms with Crippen molar-refractivity contribution in [3.8, 4) is 0 Å². The van der Waals surface area contributed by atoms with Gasteiger partial charge in [0.15, 0.2) is 9.84 Å². The van der Waals surface area contributed by atoms with Crippen LogP contribution in [-0.4, -0.2) is 25.2 Å². The second-order valence-electron chi connectivity index (χ2n) is 3.66. The Kier molecular flexibility index (Phi) is 4.95. The molecule has 0 aliphatic heterocycles. The summed E-state index contributed by atoms with van der Waals surface area (Å²) in [5.41, 5.74) is 1.58. The van der Waals surface area contributed by atoms with Crippen LogP contribution in [0.5, 0.6) is 0 Å². The lowest BCUT2D eigenvalue weighted by Crippen LogP contribution is -2.09. The van der Waals surface area contributed by atoms with Crippen molar-refractivity contribution in [1.29, 1.82) is 0 Å². The SMILES string of the molecule is C/C(=C/Cl)CS(=O)(=O)c1ccc(Br)c(C(=O)O)c1. The van der Waals surface area contributed by atoms with E-state index in [1.807, 2.05) is 0 Å². The number of sulfone groups is 1. The van der Waals surface area contributed by atoms with Crippen molar-refractivity contribution < 1.29 is 18.3 Å². The van der Waals surface area contributed by atoms with E-state index in [1.165, 1.54) is 17.7 Å². The van der Waals surface area contributed by atoms with Crippen molar-refractivity contribution in [3.05, 3.63) is 39.3 Å². The lowest BCUT2D eigenvalue weighted by atomic mass is 10.2. The molecule has 0 aliphatic rings. The number of aromatic carboxylic acids is 1. The summed E-state index contributed by atoms with van der Waals surface area (Å²) in [6.07, 6.45) is 0. The van der Waals surface area contributed by atoms with Crippen LogP contribution in [0.2, 0.25) is 0 Å². The number of benzene rings is 1. The summed E-state index contributed by atoms with van der Waals surface area (Å²) >= 11 is 8.48. The maximum atomic E-state index is 12.0. The summed E-state index contributed by atoms with van der Waals surface area (Å²) in [7, 11) is -3.58. The van der Waals surface area contributed by atoms with Gasteiger partial charge in [-0.05, 0) is 46.6 Å². The molecule has 98 valence electrons. The average molecular weight is 354 g/mol. The van der Waals surface area contributed by atoms with Crippen LogP contribution in [-0.2, 0) is 9.84 Å². The molecule has 0 spiro atoms. The van der Waals surface area contributed by atoms with E-state index >= 15 is 0 Å². The first kappa shape index (κ1) is 15.2. The molecule has 1 aromatic carbocycles. The van der Waals surface area contributed by atoms with Crippen molar-refractivity contribution in [2.45, 2.75) is 11.8 Å². The molecule has 0 unspecified atom stereocenters. The molecule has 0 bridgehead atoms. The van der Waals surface area contributed by atoms with E-state index in [0.29, 0.717) is 10.0 Å². The number of carboxylic acids is 1. The van der Waals surface area contributed by atoms with Gasteiger partial charge in [-0.3, -0.25) is 0 Å². The topological polar surface area (TPSA) is 71.4 Å². The molecule has 0 atom stereocenters. The Hall–Kier alpha value is -0.850. The van der Waals surface area contributed by atoms with Gasteiger partial charge in [0.25, 0.3) is 0 Å². The van der Waals surface area contributed by atoms with Crippen LogP contribution >= 0.6 is 27.5 Å². The highest BCUT2D eigenvalue weighted by atomic mass is 79.9. The van der Waals surface area contributed by atoms with E-state index in [4.69, 9.17) is 16.7 Å². The maximum absolute atomic E-state index is 12.0. The van der Waals surface area contributed by atoms with Crippen LogP contribution in [0.4, 0.5) is 0 Å². The van der Waals surface area contributed by atoms with Gasteiger partial charge in [0, 0.05) is 10.0 Å². The van der Waals surface area contributed by atoms with Crippen LogP contribution in [0.25, 0.3) is 0 Å². The molecular weight excluding hydrogens is 344 g/mol. The molecule has 0 saturated heterocycles. The number of rotatable bonds is 4. The molecule has 7 heteroatoms. The molecule has 18 heavy (non-hydrogen) atoms. The zero-order valence-electron chi connectivity index (χ0n) is 9.35. The first-order valence-corrected chi connectivity index (χ1v) is 7.67. The van der Waals surface area contributed by atoms with Crippen molar-refractivity contribution in [1.82, 2.24) is 0 Å². The van der Waals surface area contributed by atoms with Gasteiger partial charge in [0.2, 0.25) is 0 Å². The van der Waals surface area contributed by atoms with Crippen molar-refractivity contribution in [2.24, 2.45) is 0 Å². The lowest BCUT2D eigenvalue weighted by molar-refractivity contribution is 0.0695. The number of halogens is 2. The van der Waals surface area contributed by atoms with Crippen LogP contribution in [0.3, 0.4) is 0 Å². The second-order valence-corrected chi connectivity index (χ2v) is 6.72. The zero-order valence-corrected chi connectivity index (χ0v) is 12.5.